The van der Waals surface area contributed by atoms with Crippen LogP contribution in [0, 0.1) is 0 Å². The topological polar surface area (TPSA) is 50.9 Å². The fraction of sp³-hybridized carbons (Fsp3) is 0.231. The molecule has 0 aliphatic heterocycles. The molecule has 2 aromatic heterocycles. The molecule has 1 aromatic carbocycles. The zero-order valence-corrected chi connectivity index (χ0v) is 9.59. The molecule has 17 heavy (non-hydrogen) atoms. The summed E-state index contributed by atoms with van der Waals surface area (Å²) in [7, 11) is 0. The Morgan fingerprint density at radius 1 is 1.24 bits per heavy atom. The number of nitrogens with zero attached hydrogens (tertiary/aromatic N) is 3. The minimum atomic E-state index is 0.260. The summed E-state index contributed by atoms with van der Waals surface area (Å²) >= 11 is 0. The molecular formula is C13H13N3O. The molecule has 0 bridgehead atoms. The van der Waals surface area contributed by atoms with Crippen LogP contribution in [0.2, 0.25) is 0 Å². The molecule has 0 aliphatic carbocycles. The van der Waals surface area contributed by atoms with Crippen LogP contribution in [-0.4, -0.2) is 19.6 Å². The van der Waals surface area contributed by atoms with E-state index in [0.717, 1.165) is 34.9 Å². The van der Waals surface area contributed by atoms with Crippen molar-refractivity contribution in [1.82, 2.24) is 14.5 Å². The zero-order chi connectivity index (χ0) is 11.8. The molecule has 0 radical (unpaired) electrons. The van der Waals surface area contributed by atoms with Crippen LogP contribution >= 0.6 is 0 Å². The van der Waals surface area contributed by atoms with Gasteiger partial charge in [-0.2, -0.15) is 0 Å². The number of fused-ring (bicyclic) bond motifs is 3. The molecular weight excluding hydrogens is 214 g/mol. The predicted molar refractivity (Wildman–Crippen MR) is 67.0 cm³/mol. The predicted octanol–water partition coefficient (Wildman–Crippen LogP) is 2.70. The first-order valence-corrected chi connectivity index (χ1v) is 5.72. The number of rotatable bonds is 2. The van der Waals surface area contributed by atoms with E-state index in [9.17, 15) is 5.11 Å². The maximum absolute atomic E-state index is 9.59. The van der Waals surface area contributed by atoms with Crippen LogP contribution in [0.25, 0.3) is 21.9 Å². The first-order valence-electron chi connectivity index (χ1n) is 5.72. The van der Waals surface area contributed by atoms with E-state index in [1.165, 1.54) is 0 Å². The van der Waals surface area contributed by atoms with Gasteiger partial charge < -0.3 is 9.67 Å². The van der Waals surface area contributed by atoms with E-state index in [0.29, 0.717) is 0 Å². The SMILES string of the molecule is CCCn1cnc2cnc3ccc(O)cc3c21. The maximum Gasteiger partial charge on any atom is 0.116 e. The molecule has 0 spiro atoms. The van der Waals surface area contributed by atoms with Crippen molar-refractivity contribution < 1.29 is 5.11 Å². The number of aromatic nitrogens is 3. The summed E-state index contributed by atoms with van der Waals surface area (Å²) in [5.74, 6) is 0.260. The van der Waals surface area contributed by atoms with Gasteiger partial charge in [0, 0.05) is 11.9 Å². The number of hydrogen-bond donors (Lipinski definition) is 1. The molecule has 0 saturated heterocycles. The van der Waals surface area contributed by atoms with Gasteiger partial charge in [0.2, 0.25) is 0 Å². The number of pyridine rings is 1. The lowest BCUT2D eigenvalue weighted by molar-refractivity contribution is 0.476. The number of imidazole rings is 1. The summed E-state index contributed by atoms with van der Waals surface area (Å²) in [4.78, 5) is 8.67. The Hall–Kier alpha value is -2.10. The molecule has 3 aromatic rings. The van der Waals surface area contributed by atoms with E-state index >= 15 is 0 Å². The van der Waals surface area contributed by atoms with Crippen LogP contribution in [0.3, 0.4) is 0 Å². The van der Waals surface area contributed by atoms with Gasteiger partial charge >= 0.3 is 0 Å². The van der Waals surface area contributed by atoms with Gasteiger partial charge in [0.05, 0.1) is 23.6 Å². The fourth-order valence-corrected chi connectivity index (χ4v) is 2.15. The van der Waals surface area contributed by atoms with Crippen molar-refractivity contribution in [3.05, 3.63) is 30.7 Å². The Morgan fingerprint density at radius 3 is 2.94 bits per heavy atom. The van der Waals surface area contributed by atoms with Gasteiger partial charge in [0.25, 0.3) is 0 Å². The van der Waals surface area contributed by atoms with Gasteiger partial charge in [-0.3, -0.25) is 4.98 Å². The second kappa shape index (κ2) is 3.73. The number of phenols is 1. The van der Waals surface area contributed by atoms with E-state index < -0.39 is 0 Å². The van der Waals surface area contributed by atoms with Crippen LogP contribution in [0.1, 0.15) is 13.3 Å². The number of phenolic OH excluding ortho intramolecular Hbond substituents is 1. The minimum absolute atomic E-state index is 0.260. The van der Waals surface area contributed by atoms with Crippen LogP contribution in [0.15, 0.2) is 30.7 Å². The Balaban J connectivity index is 2.42. The van der Waals surface area contributed by atoms with Crippen molar-refractivity contribution in [3.8, 4) is 5.75 Å². The highest BCUT2D eigenvalue weighted by molar-refractivity contribution is 6.02. The Bertz CT molecular complexity index is 688. The summed E-state index contributed by atoms with van der Waals surface area (Å²) in [6.45, 7) is 3.05. The minimum Gasteiger partial charge on any atom is -0.508 e. The smallest absolute Gasteiger partial charge is 0.116 e. The molecule has 0 amide bonds. The van der Waals surface area contributed by atoms with Gasteiger partial charge in [0.1, 0.15) is 11.3 Å². The first kappa shape index (κ1) is 10.1. The Labute approximate surface area is 98.5 Å². The highest BCUT2D eigenvalue weighted by Crippen LogP contribution is 2.26. The first-order chi connectivity index (χ1) is 8.29. The Kier molecular flexibility index (Phi) is 2.21. The summed E-state index contributed by atoms with van der Waals surface area (Å²) in [5.41, 5.74) is 2.80. The maximum atomic E-state index is 9.59. The van der Waals surface area contributed by atoms with Gasteiger partial charge in [-0.25, -0.2) is 4.98 Å². The van der Waals surface area contributed by atoms with E-state index in [1.807, 2.05) is 12.4 Å². The van der Waals surface area contributed by atoms with Crippen LogP contribution in [0.4, 0.5) is 0 Å². The van der Waals surface area contributed by atoms with Crippen molar-refractivity contribution in [3.63, 3.8) is 0 Å². The quantitative estimate of drug-likeness (QED) is 0.732. The van der Waals surface area contributed by atoms with Crippen molar-refractivity contribution in [2.24, 2.45) is 0 Å². The third-order valence-electron chi connectivity index (χ3n) is 2.89. The summed E-state index contributed by atoms with van der Waals surface area (Å²) in [6, 6.07) is 5.23. The molecule has 0 saturated carbocycles. The molecule has 0 atom stereocenters. The molecule has 0 unspecified atom stereocenters. The number of aryl methyl sites for hydroxylation is 1. The lowest BCUT2D eigenvalue weighted by Crippen LogP contribution is -1.95. The summed E-state index contributed by atoms with van der Waals surface area (Å²) in [6.07, 6.45) is 4.66. The molecule has 4 nitrogen and oxygen atoms in total. The highest BCUT2D eigenvalue weighted by atomic mass is 16.3. The van der Waals surface area contributed by atoms with Crippen molar-refractivity contribution in [2.45, 2.75) is 19.9 Å². The van der Waals surface area contributed by atoms with E-state index in [2.05, 4.69) is 21.5 Å². The largest absolute Gasteiger partial charge is 0.508 e. The highest BCUT2D eigenvalue weighted by Gasteiger charge is 2.08. The van der Waals surface area contributed by atoms with Gasteiger partial charge in [-0.15, -0.1) is 0 Å². The summed E-state index contributed by atoms with van der Waals surface area (Å²) in [5, 5.41) is 10.5. The molecule has 2 heterocycles. The van der Waals surface area contributed by atoms with Crippen LogP contribution in [-0.2, 0) is 6.54 Å². The molecule has 86 valence electrons. The van der Waals surface area contributed by atoms with Gasteiger partial charge in [-0.05, 0) is 24.6 Å². The molecule has 0 aliphatic rings. The van der Waals surface area contributed by atoms with Crippen molar-refractivity contribution in [1.29, 1.82) is 0 Å². The van der Waals surface area contributed by atoms with Crippen LogP contribution in [0.5, 0.6) is 5.75 Å². The van der Waals surface area contributed by atoms with Crippen molar-refractivity contribution in [2.75, 3.05) is 0 Å². The lowest BCUT2D eigenvalue weighted by atomic mass is 10.2. The summed E-state index contributed by atoms with van der Waals surface area (Å²) < 4.78 is 2.11. The van der Waals surface area contributed by atoms with Gasteiger partial charge in [0.15, 0.2) is 0 Å². The standard InChI is InChI=1S/C13H13N3O/c1-2-5-16-8-15-12-7-14-11-4-3-9(17)6-10(11)13(12)16/h3-4,6-8,17H,2,5H2,1H3. The third kappa shape index (κ3) is 1.53. The molecule has 1 N–H and O–H groups in total. The fourth-order valence-electron chi connectivity index (χ4n) is 2.15. The zero-order valence-electron chi connectivity index (χ0n) is 9.59. The van der Waals surface area contributed by atoms with E-state index in [-0.39, 0.29) is 5.75 Å². The van der Waals surface area contributed by atoms with E-state index in [4.69, 9.17) is 0 Å². The number of aromatic hydroxyl groups is 1. The average molecular weight is 227 g/mol. The Morgan fingerprint density at radius 2 is 2.12 bits per heavy atom. The second-order valence-corrected chi connectivity index (χ2v) is 4.13. The third-order valence-corrected chi connectivity index (χ3v) is 2.89. The normalized spacial score (nSPS) is 11.4. The van der Waals surface area contributed by atoms with Crippen molar-refractivity contribution >= 4 is 21.9 Å². The van der Waals surface area contributed by atoms with Crippen LogP contribution < -0.4 is 0 Å². The molecule has 3 rings (SSSR count). The molecule has 0 fully saturated rings. The number of hydrogen-bond acceptors (Lipinski definition) is 3. The average Bonchev–Trinajstić information content (AvgIpc) is 2.73. The second-order valence-electron chi connectivity index (χ2n) is 4.13. The number of benzene rings is 1. The lowest BCUT2D eigenvalue weighted by Gasteiger charge is -2.05. The monoisotopic (exact) mass is 227 g/mol. The molecule has 4 heteroatoms. The van der Waals surface area contributed by atoms with E-state index in [1.54, 1.807) is 18.3 Å². The van der Waals surface area contributed by atoms with Gasteiger partial charge in [-0.1, -0.05) is 6.92 Å².